The van der Waals surface area contributed by atoms with Crippen LogP contribution in [0.2, 0.25) is 19.6 Å². The van der Waals surface area contributed by atoms with Crippen molar-refractivity contribution in [3.05, 3.63) is 0 Å². The Balaban J connectivity index is 2.56. The van der Waals surface area contributed by atoms with Crippen LogP contribution >= 0.6 is 0 Å². The molecule has 0 aromatic carbocycles. The highest BCUT2D eigenvalue weighted by Gasteiger charge is 2.42. The second-order valence-corrected chi connectivity index (χ2v) is 18.3. The maximum Gasteiger partial charge on any atom is 0.308 e. The first-order chi connectivity index (χ1) is 20.9. The molecule has 45 heavy (non-hydrogen) atoms. The van der Waals surface area contributed by atoms with Gasteiger partial charge in [-0.1, -0.05) is 53.8 Å². The fourth-order valence-electron chi connectivity index (χ4n) is 5.49. The Bertz CT molecular complexity index is 1190. The van der Waals surface area contributed by atoms with Gasteiger partial charge in [-0.15, -0.1) is 11.5 Å². The number of hydrogen-bond acceptors (Lipinski definition) is 7. The zero-order valence-corrected chi connectivity index (χ0v) is 29.7. The summed E-state index contributed by atoms with van der Waals surface area (Å²) in [7, 11) is 1.25. The monoisotopic (exact) mass is 647 g/mol. The van der Waals surface area contributed by atoms with Crippen LogP contribution in [0.3, 0.4) is 0 Å². The van der Waals surface area contributed by atoms with E-state index in [2.05, 4.69) is 41.7 Å². The molecular weight excluding hydrogens is 594 g/mol. The average molecular weight is 648 g/mol. The Morgan fingerprint density at radius 2 is 1.60 bits per heavy atom. The van der Waals surface area contributed by atoms with E-state index in [1.165, 1.54) is 28.8 Å². The number of carbonyl (C=O) groups excluding carboxylic acids is 6. The molecule has 1 unspecified atom stereocenters. The second-order valence-electron chi connectivity index (χ2n) is 13.6. The molecule has 2 aliphatic heterocycles. The number of hydrogen-bond donors (Lipinski definition) is 2. The van der Waals surface area contributed by atoms with Crippen molar-refractivity contribution in [3.63, 3.8) is 0 Å². The molecule has 0 bridgehead atoms. The minimum Gasteiger partial charge on any atom is -0.451 e. The number of likely N-dealkylation sites (N-methyl/N-ethyl adjacent to an activating group) is 2. The van der Waals surface area contributed by atoms with Gasteiger partial charge in [0.2, 0.25) is 23.6 Å². The highest BCUT2D eigenvalue weighted by Crippen LogP contribution is 2.23. The minimum atomic E-state index is -1.78. The molecule has 2 saturated heterocycles. The highest BCUT2D eigenvalue weighted by molar-refractivity contribution is 6.83. The first-order valence-electron chi connectivity index (χ1n) is 16.0. The van der Waals surface area contributed by atoms with E-state index >= 15 is 0 Å². The summed E-state index contributed by atoms with van der Waals surface area (Å²) >= 11 is 0. The van der Waals surface area contributed by atoms with E-state index in [0.717, 1.165) is 0 Å². The fraction of sp³-hybridized carbons (Fsp3) is 0.750. The van der Waals surface area contributed by atoms with Crippen LogP contribution in [0.5, 0.6) is 0 Å². The van der Waals surface area contributed by atoms with Crippen molar-refractivity contribution in [1.29, 1.82) is 0 Å². The lowest BCUT2D eigenvalue weighted by Crippen LogP contribution is -2.60. The van der Waals surface area contributed by atoms with E-state index < -0.39 is 73.9 Å². The topological polar surface area (TPSA) is 145 Å². The predicted molar refractivity (Wildman–Crippen MR) is 173 cm³/mol. The van der Waals surface area contributed by atoms with E-state index in [1.807, 2.05) is 27.7 Å². The number of ether oxygens (including phenoxy) is 1. The van der Waals surface area contributed by atoms with Crippen molar-refractivity contribution in [2.24, 2.45) is 11.8 Å². The van der Waals surface area contributed by atoms with Crippen LogP contribution in [-0.4, -0.2) is 116 Å². The molecule has 0 radical (unpaired) electrons. The Kier molecular flexibility index (Phi) is 13.6. The van der Waals surface area contributed by atoms with E-state index in [0.29, 0.717) is 25.8 Å². The molecule has 5 amide bonds. The molecule has 13 heteroatoms. The molecule has 252 valence electrons. The van der Waals surface area contributed by atoms with Gasteiger partial charge in [-0.25, -0.2) is 0 Å². The van der Waals surface area contributed by atoms with E-state index in [-0.39, 0.29) is 31.2 Å². The fourth-order valence-corrected chi connectivity index (χ4v) is 6.12. The van der Waals surface area contributed by atoms with Gasteiger partial charge in [0.05, 0.1) is 12.8 Å². The Morgan fingerprint density at radius 1 is 0.956 bits per heavy atom. The molecule has 0 aromatic rings. The molecule has 2 N–H and O–H groups in total. The van der Waals surface area contributed by atoms with E-state index in [4.69, 9.17) is 4.74 Å². The van der Waals surface area contributed by atoms with Crippen LogP contribution < -0.4 is 10.6 Å². The van der Waals surface area contributed by atoms with Crippen molar-refractivity contribution in [2.45, 2.75) is 117 Å². The first-order valence-corrected chi connectivity index (χ1v) is 19.5. The molecule has 12 nitrogen and oxygen atoms in total. The first kappa shape index (κ1) is 37.8. The van der Waals surface area contributed by atoms with Crippen LogP contribution in [0.25, 0.3) is 0 Å². The van der Waals surface area contributed by atoms with Crippen molar-refractivity contribution in [1.82, 2.24) is 25.3 Å². The molecule has 0 spiro atoms. The molecule has 2 rings (SSSR count). The number of fused-ring (bicyclic) bond motifs is 1. The zero-order chi connectivity index (χ0) is 34.2. The van der Waals surface area contributed by atoms with Crippen LogP contribution in [0, 0.1) is 23.3 Å². The summed E-state index contributed by atoms with van der Waals surface area (Å²) in [5.41, 5.74) is 3.19. The maximum absolute atomic E-state index is 14.0. The third kappa shape index (κ3) is 10.0. The maximum atomic E-state index is 14.0. The van der Waals surface area contributed by atoms with Crippen molar-refractivity contribution in [3.8, 4) is 11.5 Å². The number of carbonyl (C=O) groups is 6. The molecular formula is C32H53N5O7Si. The van der Waals surface area contributed by atoms with Gasteiger partial charge in [-0.05, 0) is 31.6 Å². The smallest absolute Gasteiger partial charge is 0.308 e. The Morgan fingerprint density at radius 3 is 2.18 bits per heavy atom. The summed E-state index contributed by atoms with van der Waals surface area (Å²) < 4.78 is 5.61. The van der Waals surface area contributed by atoms with Crippen molar-refractivity contribution < 1.29 is 33.5 Å². The van der Waals surface area contributed by atoms with E-state index in [9.17, 15) is 28.8 Å². The number of rotatable bonds is 4. The molecule has 0 aromatic heterocycles. The third-order valence-corrected chi connectivity index (χ3v) is 9.43. The van der Waals surface area contributed by atoms with Gasteiger partial charge in [0.1, 0.15) is 32.2 Å². The summed E-state index contributed by atoms with van der Waals surface area (Å²) in [6.45, 7) is 15.4. The lowest BCUT2D eigenvalue weighted by Gasteiger charge is -2.38. The normalized spacial score (nSPS) is 27.4. The number of cyclic esters (lactones) is 1. The largest absolute Gasteiger partial charge is 0.451 e. The summed E-state index contributed by atoms with van der Waals surface area (Å²) in [6.07, 6.45) is 0.0769. The molecule has 2 aliphatic rings. The van der Waals surface area contributed by atoms with Gasteiger partial charge < -0.3 is 30.1 Å². The lowest BCUT2D eigenvalue weighted by atomic mass is 9.94. The van der Waals surface area contributed by atoms with Gasteiger partial charge in [0.25, 0.3) is 5.91 Å². The van der Waals surface area contributed by atoms with Crippen LogP contribution in [-0.2, 0) is 33.5 Å². The van der Waals surface area contributed by atoms with Crippen LogP contribution in [0.4, 0.5) is 0 Å². The summed E-state index contributed by atoms with van der Waals surface area (Å²) in [4.78, 5) is 85.2. The third-order valence-electron chi connectivity index (χ3n) is 8.50. The molecule has 2 heterocycles. The van der Waals surface area contributed by atoms with Gasteiger partial charge >= 0.3 is 5.97 Å². The van der Waals surface area contributed by atoms with Crippen LogP contribution in [0.15, 0.2) is 0 Å². The van der Waals surface area contributed by atoms with Gasteiger partial charge in [-0.3, -0.25) is 28.8 Å². The van der Waals surface area contributed by atoms with Gasteiger partial charge in [0, 0.05) is 27.2 Å². The SMILES string of the molecule is CC[C@H](C)[C@@H]1NC(=O)[C@@H]2CCCN2C(=O)[C@@H](CC#C[Si](C)(C)C)OC(=O)CCNC(=O)[C@H](C)N(C)C(=O)C(C(C)C)N(C)C1=O. The molecule has 6 atom stereocenters. The summed E-state index contributed by atoms with van der Waals surface area (Å²) in [5, 5.41) is 5.57. The lowest BCUT2D eigenvalue weighted by molar-refractivity contribution is -0.161. The zero-order valence-electron chi connectivity index (χ0n) is 28.7. The number of nitrogens with zero attached hydrogens (tertiary/aromatic N) is 3. The number of nitrogens with one attached hydrogen (secondary N) is 2. The van der Waals surface area contributed by atoms with Gasteiger partial charge in [-0.2, -0.15) is 0 Å². The molecule has 0 saturated carbocycles. The second kappa shape index (κ2) is 16.2. The number of esters is 1. The quantitative estimate of drug-likeness (QED) is 0.268. The average Bonchev–Trinajstić information content (AvgIpc) is 3.46. The molecule has 0 aliphatic carbocycles. The van der Waals surface area contributed by atoms with Crippen molar-refractivity contribution in [2.75, 3.05) is 27.2 Å². The van der Waals surface area contributed by atoms with Crippen LogP contribution in [0.1, 0.15) is 66.7 Å². The standard InChI is InChI=1S/C32H53N5O7Si/c1-11-21(4)26-31(42)36(7)27(20(2)3)32(43)35(6)22(5)28(39)33-17-16-25(38)44-24(15-13-19-45(8,9)10)30(41)37-18-12-14-23(37)29(40)34-26/h20-24,26-27H,11-12,14-18H2,1-10H3,(H,33,39)(H,34,40)/t21-,22-,23-,24+,26-,27?/m0/s1. The summed E-state index contributed by atoms with van der Waals surface area (Å²) in [6, 6.07) is -3.61. The van der Waals surface area contributed by atoms with Crippen molar-refractivity contribution >= 4 is 43.6 Å². The summed E-state index contributed by atoms with van der Waals surface area (Å²) in [5.74, 6) is -0.585. The Labute approximate surface area is 269 Å². The minimum absolute atomic E-state index is 0.0225. The molecule has 2 fully saturated rings. The number of amides is 5. The highest BCUT2D eigenvalue weighted by atomic mass is 28.3. The predicted octanol–water partition coefficient (Wildman–Crippen LogP) is 1.54. The van der Waals surface area contributed by atoms with E-state index in [1.54, 1.807) is 6.92 Å². The van der Waals surface area contributed by atoms with Gasteiger partial charge in [0.15, 0.2) is 6.10 Å². The Hall–Kier alpha value is -3.40.